The van der Waals surface area contributed by atoms with Crippen molar-refractivity contribution in [3.63, 3.8) is 0 Å². The summed E-state index contributed by atoms with van der Waals surface area (Å²) in [5, 5.41) is 5.64. The first kappa shape index (κ1) is 18.8. The third-order valence-corrected chi connectivity index (χ3v) is 5.06. The number of hydrogen-bond donors (Lipinski definition) is 2. The maximum atomic E-state index is 12.9. The SMILES string of the molecule is CCC1(OC)c2cccc(n2)C(=O)Nc2ccccc2NC(=O)c2cccc1n2. The third-order valence-electron chi connectivity index (χ3n) is 5.06. The first-order valence-electron chi connectivity index (χ1n) is 9.29. The Morgan fingerprint density at radius 3 is 1.69 bits per heavy atom. The number of methoxy groups -OCH3 is 1. The lowest BCUT2D eigenvalue weighted by molar-refractivity contribution is 0.0111. The van der Waals surface area contributed by atoms with Crippen molar-refractivity contribution in [1.29, 1.82) is 0 Å². The van der Waals surface area contributed by atoms with Gasteiger partial charge in [0.25, 0.3) is 11.8 Å². The fourth-order valence-corrected chi connectivity index (χ4v) is 3.49. The highest BCUT2D eigenvalue weighted by atomic mass is 16.5. The van der Waals surface area contributed by atoms with E-state index in [0.717, 1.165) is 0 Å². The second-order valence-electron chi connectivity index (χ2n) is 6.65. The van der Waals surface area contributed by atoms with Gasteiger partial charge in [-0.2, -0.15) is 0 Å². The van der Waals surface area contributed by atoms with E-state index in [2.05, 4.69) is 20.6 Å². The van der Waals surface area contributed by atoms with E-state index in [9.17, 15) is 9.59 Å². The average Bonchev–Trinajstić information content (AvgIpc) is 2.76. The smallest absolute Gasteiger partial charge is 0.274 e. The zero-order chi connectivity index (χ0) is 20.4. The van der Waals surface area contributed by atoms with Crippen LogP contribution in [0, 0.1) is 0 Å². The minimum atomic E-state index is -0.993. The molecule has 1 aliphatic heterocycles. The summed E-state index contributed by atoms with van der Waals surface area (Å²) in [6, 6.07) is 17.4. The van der Waals surface area contributed by atoms with Gasteiger partial charge in [-0.25, -0.2) is 9.97 Å². The summed E-state index contributed by atoms with van der Waals surface area (Å²) in [6.07, 6.45) is 0.514. The van der Waals surface area contributed by atoms with Crippen LogP contribution in [0.25, 0.3) is 0 Å². The van der Waals surface area contributed by atoms with Crippen LogP contribution in [0.3, 0.4) is 0 Å². The molecule has 0 fully saturated rings. The second kappa shape index (κ2) is 7.44. The quantitative estimate of drug-likeness (QED) is 0.700. The van der Waals surface area contributed by atoms with Crippen molar-refractivity contribution in [3.05, 3.63) is 83.4 Å². The van der Waals surface area contributed by atoms with Crippen molar-refractivity contribution >= 4 is 23.2 Å². The van der Waals surface area contributed by atoms with Gasteiger partial charge in [-0.3, -0.25) is 9.59 Å². The lowest BCUT2D eigenvalue weighted by Gasteiger charge is -2.30. The van der Waals surface area contributed by atoms with Crippen molar-refractivity contribution < 1.29 is 14.3 Å². The van der Waals surface area contributed by atoms with Gasteiger partial charge in [-0.15, -0.1) is 0 Å². The van der Waals surface area contributed by atoms with Crippen molar-refractivity contribution in [1.82, 2.24) is 9.97 Å². The van der Waals surface area contributed by atoms with Crippen LogP contribution in [0.4, 0.5) is 11.4 Å². The van der Waals surface area contributed by atoms with Crippen molar-refractivity contribution in [2.45, 2.75) is 18.9 Å². The molecule has 0 spiro atoms. The van der Waals surface area contributed by atoms with Gasteiger partial charge in [0.2, 0.25) is 0 Å². The summed E-state index contributed by atoms with van der Waals surface area (Å²) in [6.45, 7) is 1.94. The Kier molecular flexibility index (Phi) is 4.82. The molecule has 7 heteroatoms. The maximum absolute atomic E-state index is 12.9. The summed E-state index contributed by atoms with van der Waals surface area (Å²) < 4.78 is 5.89. The highest BCUT2D eigenvalue weighted by molar-refractivity contribution is 6.08. The first-order chi connectivity index (χ1) is 14.1. The number of carbonyl (C=O) groups excluding carboxylic acids is 2. The molecule has 0 saturated heterocycles. The molecule has 29 heavy (non-hydrogen) atoms. The fourth-order valence-electron chi connectivity index (χ4n) is 3.49. The maximum Gasteiger partial charge on any atom is 0.274 e. The van der Waals surface area contributed by atoms with Gasteiger partial charge in [-0.1, -0.05) is 31.2 Å². The Morgan fingerprint density at radius 1 is 0.793 bits per heavy atom. The molecule has 0 atom stereocenters. The zero-order valence-electron chi connectivity index (χ0n) is 16.1. The monoisotopic (exact) mass is 388 g/mol. The number of carbonyl (C=O) groups is 2. The Labute approximate surface area is 168 Å². The molecule has 0 radical (unpaired) electrons. The van der Waals surface area contributed by atoms with E-state index in [1.165, 1.54) is 0 Å². The molecule has 2 amide bonds. The third kappa shape index (κ3) is 3.25. The van der Waals surface area contributed by atoms with E-state index in [1.807, 2.05) is 6.92 Å². The van der Waals surface area contributed by atoms with Gasteiger partial charge in [0.1, 0.15) is 11.4 Å². The number of aromatic nitrogens is 2. The van der Waals surface area contributed by atoms with E-state index in [-0.39, 0.29) is 23.2 Å². The number of benzene rings is 1. The van der Waals surface area contributed by atoms with Crippen molar-refractivity contribution in [2.75, 3.05) is 17.7 Å². The molecule has 2 aromatic heterocycles. The summed E-state index contributed by atoms with van der Waals surface area (Å²) >= 11 is 0. The molecule has 0 unspecified atom stereocenters. The van der Waals surface area contributed by atoms with Gasteiger partial charge in [0, 0.05) is 7.11 Å². The largest absolute Gasteiger partial charge is 0.366 e. The van der Waals surface area contributed by atoms with Gasteiger partial charge >= 0.3 is 0 Å². The number of anilines is 2. The van der Waals surface area contributed by atoms with Crippen LogP contribution in [0.2, 0.25) is 0 Å². The number of amides is 2. The second-order valence-corrected chi connectivity index (χ2v) is 6.65. The van der Waals surface area contributed by atoms with E-state index < -0.39 is 5.60 Å². The van der Waals surface area contributed by atoms with Crippen LogP contribution in [-0.4, -0.2) is 28.9 Å². The molecule has 3 heterocycles. The van der Waals surface area contributed by atoms with Gasteiger partial charge in [0.15, 0.2) is 5.60 Å². The predicted molar refractivity (Wildman–Crippen MR) is 109 cm³/mol. The molecular weight excluding hydrogens is 368 g/mol. The van der Waals surface area contributed by atoms with Crippen LogP contribution in [0.5, 0.6) is 0 Å². The average molecular weight is 388 g/mol. The number of nitrogens with zero attached hydrogens (tertiary/aromatic N) is 2. The zero-order valence-corrected chi connectivity index (χ0v) is 16.1. The van der Waals surface area contributed by atoms with E-state index in [0.29, 0.717) is 29.2 Å². The van der Waals surface area contributed by atoms with Crippen LogP contribution in [0.15, 0.2) is 60.7 Å². The Morgan fingerprint density at radius 2 is 1.28 bits per heavy atom. The van der Waals surface area contributed by atoms with Crippen molar-refractivity contribution in [3.8, 4) is 0 Å². The number of rotatable bonds is 2. The molecule has 1 aromatic carbocycles. The molecule has 3 aromatic rings. The van der Waals surface area contributed by atoms with E-state index in [1.54, 1.807) is 67.8 Å². The minimum Gasteiger partial charge on any atom is -0.366 e. The Hall–Kier alpha value is -3.58. The van der Waals surface area contributed by atoms with Gasteiger partial charge < -0.3 is 15.4 Å². The molecule has 146 valence electrons. The Bertz CT molecular complexity index is 1010. The van der Waals surface area contributed by atoms with Crippen LogP contribution < -0.4 is 10.6 Å². The number of fused-ring (bicyclic) bond motifs is 5. The van der Waals surface area contributed by atoms with Crippen LogP contribution in [-0.2, 0) is 10.3 Å². The van der Waals surface area contributed by atoms with Crippen LogP contribution >= 0.6 is 0 Å². The highest BCUT2D eigenvalue weighted by Gasteiger charge is 2.36. The van der Waals surface area contributed by atoms with Crippen molar-refractivity contribution in [2.24, 2.45) is 0 Å². The number of nitrogens with one attached hydrogen (secondary N) is 2. The summed E-state index contributed by atoms with van der Waals surface area (Å²) in [5.41, 5.74) is 1.54. The normalized spacial score (nSPS) is 15.1. The highest BCUT2D eigenvalue weighted by Crippen LogP contribution is 2.35. The number of hydrogen-bond acceptors (Lipinski definition) is 5. The molecule has 1 aliphatic rings. The molecule has 4 rings (SSSR count). The van der Waals surface area contributed by atoms with Crippen LogP contribution in [0.1, 0.15) is 45.7 Å². The standard InChI is InChI=1S/C22H20N4O3/c1-3-22(29-2)18-12-6-10-16(23-18)20(27)25-14-8-4-5-9-15(14)26-21(28)17-11-7-13-19(22)24-17/h4-13H,3H2,1-2H3,(H,25,27)(H,26,28). The Balaban J connectivity index is 1.97. The van der Waals surface area contributed by atoms with Gasteiger partial charge in [-0.05, 0) is 42.8 Å². The number of pyridine rings is 2. The molecule has 0 aliphatic carbocycles. The summed E-state index contributed by atoms with van der Waals surface area (Å²) in [5.74, 6) is -0.762. The van der Waals surface area contributed by atoms with E-state index >= 15 is 0 Å². The molecule has 4 bridgehead atoms. The first-order valence-corrected chi connectivity index (χ1v) is 9.29. The van der Waals surface area contributed by atoms with E-state index in [4.69, 9.17) is 4.74 Å². The molecule has 7 nitrogen and oxygen atoms in total. The lowest BCUT2D eigenvalue weighted by atomic mass is 9.90. The minimum absolute atomic E-state index is 0.244. The molecule has 0 saturated carbocycles. The predicted octanol–water partition coefficient (Wildman–Crippen LogP) is 3.59. The molecule has 2 N–H and O–H groups in total. The lowest BCUT2D eigenvalue weighted by Crippen LogP contribution is -2.33. The molecular formula is C22H20N4O3. The summed E-state index contributed by atoms with van der Waals surface area (Å²) in [7, 11) is 1.57. The number of ether oxygens (including phenoxy) is 1. The number of para-hydroxylation sites is 2. The van der Waals surface area contributed by atoms with Gasteiger partial charge in [0.05, 0.1) is 22.8 Å². The fraction of sp³-hybridized carbons (Fsp3) is 0.182. The summed E-state index contributed by atoms with van der Waals surface area (Å²) in [4.78, 5) is 34.9. The topological polar surface area (TPSA) is 93.2 Å².